The summed E-state index contributed by atoms with van der Waals surface area (Å²) in [6.45, 7) is 10.9. The lowest BCUT2D eigenvalue weighted by molar-refractivity contribution is 0.149. The van der Waals surface area contributed by atoms with Crippen LogP contribution in [-0.2, 0) is 11.8 Å². The number of rotatable bonds is 4. The highest BCUT2D eigenvalue weighted by Crippen LogP contribution is 2.22. The van der Waals surface area contributed by atoms with Gasteiger partial charge in [0.2, 0.25) is 0 Å². The van der Waals surface area contributed by atoms with Crippen LogP contribution < -0.4 is 0 Å². The van der Waals surface area contributed by atoms with Crippen molar-refractivity contribution in [1.82, 2.24) is 0 Å². The van der Waals surface area contributed by atoms with E-state index in [-0.39, 0.29) is 11.5 Å². The lowest BCUT2D eigenvalue weighted by atomic mass is 9.86. The molecule has 0 bridgehead atoms. The van der Waals surface area contributed by atoms with Crippen molar-refractivity contribution >= 4 is 0 Å². The van der Waals surface area contributed by atoms with Crippen molar-refractivity contribution in [3.05, 3.63) is 35.4 Å². The van der Waals surface area contributed by atoms with E-state index in [1.807, 2.05) is 0 Å². The van der Waals surface area contributed by atoms with Crippen LogP contribution in [0.15, 0.2) is 24.3 Å². The van der Waals surface area contributed by atoms with E-state index in [1.54, 1.807) is 0 Å². The van der Waals surface area contributed by atoms with Crippen LogP contribution in [0.4, 0.5) is 0 Å². The Hall–Kier alpha value is -0.820. The third-order valence-corrected chi connectivity index (χ3v) is 3.03. The third-order valence-electron chi connectivity index (χ3n) is 3.03. The van der Waals surface area contributed by atoms with Crippen molar-refractivity contribution < 1.29 is 5.11 Å². The molecule has 0 fully saturated rings. The largest absolute Gasteiger partial charge is 0.393 e. The molecule has 0 saturated heterocycles. The summed E-state index contributed by atoms with van der Waals surface area (Å²) < 4.78 is 0. The van der Waals surface area contributed by atoms with Gasteiger partial charge < -0.3 is 5.11 Å². The Morgan fingerprint density at radius 1 is 1.06 bits per heavy atom. The fourth-order valence-electron chi connectivity index (χ4n) is 2.04. The average molecular weight is 234 g/mol. The van der Waals surface area contributed by atoms with E-state index in [9.17, 15) is 5.11 Å². The van der Waals surface area contributed by atoms with Crippen molar-refractivity contribution in [2.45, 2.75) is 59.0 Å². The van der Waals surface area contributed by atoms with Crippen molar-refractivity contribution in [1.29, 1.82) is 0 Å². The van der Waals surface area contributed by atoms with Gasteiger partial charge in [-0.15, -0.1) is 0 Å². The van der Waals surface area contributed by atoms with Crippen molar-refractivity contribution in [2.24, 2.45) is 5.92 Å². The van der Waals surface area contributed by atoms with Crippen molar-refractivity contribution in [2.75, 3.05) is 0 Å². The molecule has 1 aromatic rings. The maximum Gasteiger partial charge on any atom is 0.0583 e. The number of hydrogen-bond donors (Lipinski definition) is 1. The summed E-state index contributed by atoms with van der Waals surface area (Å²) in [7, 11) is 0. The fraction of sp³-hybridized carbons (Fsp3) is 0.625. The van der Waals surface area contributed by atoms with Crippen LogP contribution in [0.2, 0.25) is 0 Å². The van der Waals surface area contributed by atoms with Gasteiger partial charge in [-0.25, -0.2) is 0 Å². The van der Waals surface area contributed by atoms with Gasteiger partial charge in [0.15, 0.2) is 0 Å². The van der Waals surface area contributed by atoms with Crippen molar-refractivity contribution in [3.63, 3.8) is 0 Å². The quantitative estimate of drug-likeness (QED) is 0.837. The minimum Gasteiger partial charge on any atom is -0.393 e. The molecule has 0 aromatic heterocycles. The molecule has 0 aliphatic carbocycles. The molecule has 96 valence electrons. The monoisotopic (exact) mass is 234 g/mol. The Balaban J connectivity index is 2.63. The molecule has 0 spiro atoms. The molecule has 1 unspecified atom stereocenters. The van der Waals surface area contributed by atoms with Gasteiger partial charge in [0, 0.05) is 0 Å². The first-order chi connectivity index (χ1) is 7.79. The van der Waals surface area contributed by atoms with Gasteiger partial charge in [0.1, 0.15) is 0 Å². The first-order valence-electron chi connectivity index (χ1n) is 6.56. The zero-order chi connectivity index (χ0) is 13.1. The molecule has 0 saturated carbocycles. The second-order valence-electron chi connectivity index (χ2n) is 6.43. The Morgan fingerprint density at radius 3 is 2.00 bits per heavy atom. The van der Waals surface area contributed by atoms with Gasteiger partial charge in [-0.2, -0.15) is 0 Å². The molecule has 1 nitrogen and oxygen atoms in total. The zero-order valence-electron chi connectivity index (χ0n) is 11.8. The minimum atomic E-state index is -0.213. The molecule has 0 aliphatic heterocycles. The first-order valence-corrected chi connectivity index (χ1v) is 6.56. The fourth-order valence-corrected chi connectivity index (χ4v) is 2.04. The molecule has 0 heterocycles. The van der Waals surface area contributed by atoms with E-state index >= 15 is 0 Å². The van der Waals surface area contributed by atoms with Gasteiger partial charge in [-0.1, -0.05) is 58.9 Å². The molecule has 0 radical (unpaired) electrons. The number of aliphatic hydroxyl groups excluding tert-OH is 1. The summed E-state index contributed by atoms with van der Waals surface area (Å²) in [5.41, 5.74) is 2.78. The number of aliphatic hydroxyl groups is 1. The summed E-state index contributed by atoms with van der Waals surface area (Å²) in [4.78, 5) is 0. The van der Waals surface area contributed by atoms with Gasteiger partial charge >= 0.3 is 0 Å². The normalized spacial score (nSPS) is 14.1. The van der Waals surface area contributed by atoms with Gasteiger partial charge in [-0.05, 0) is 35.3 Å². The van der Waals surface area contributed by atoms with E-state index < -0.39 is 0 Å². The average Bonchev–Trinajstić information content (AvgIpc) is 2.15. The molecular weight excluding hydrogens is 208 g/mol. The van der Waals surface area contributed by atoms with Crippen LogP contribution in [0.5, 0.6) is 0 Å². The van der Waals surface area contributed by atoms with Crippen LogP contribution in [0.1, 0.15) is 52.2 Å². The maximum atomic E-state index is 9.90. The van der Waals surface area contributed by atoms with Crippen LogP contribution >= 0.6 is 0 Å². The Morgan fingerprint density at radius 2 is 1.59 bits per heavy atom. The predicted octanol–water partition coefficient (Wildman–Crippen LogP) is 3.93. The summed E-state index contributed by atoms with van der Waals surface area (Å²) in [5, 5.41) is 9.90. The summed E-state index contributed by atoms with van der Waals surface area (Å²) >= 11 is 0. The Labute approximate surface area is 106 Å². The van der Waals surface area contributed by atoms with Crippen LogP contribution in [0.25, 0.3) is 0 Å². The Kier molecular flexibility index (Phi) is 4.76. The van der Waals surface area contributed by atoms with Gasteiger partial charge in [0.05, 0.1) is 6.10 Å². The molecule has 1 atom stereocenters. The van der Waals surface area contributed by atoms with E-state index in [2.05, 4.69) is 58.9 Å². The van der Waals surface area contributed by atoms with E-state index in [1.165, 1.54) is 11.1 Å². The summed E-state index contributed by atoms with van der Waals surface area (Å²) in [6, 6.07) is 8.64. The topological polar surface area (TPSA) is 20.2 Å². The van der Waals surface area contributed by atoms with E-state index in [4.69, 9.17) is 0 Å². The van der Waals surface area contributed by atoms with E-state index in [0.717, 1.165) is 12.8 Å². The smallest absolute Gasteiger partial charge is 0.0583 e. The minimum absolute atomic E-state index is 0.203. The van der Waals surface area contributed by atoms with Gasteiger partial charge in [0.25, 0.3) is 0 Å². The highest BCUT2D eigenvalue weighted by Gasteiger charge is 2.13. The second-order valence-corrected chi connectivity index (χ2v) is 6.43. The highest BCUT2D eigenvalue weighted by molar-refractivity contribution is 5.27. The lowest BCUT2D eigenvalue weighted by Crippen LogP contribution is -2.14. The maximum absolute atomic E-state index is 9.90. The molecule has 1 aromatic carbocycles. The SMILES string of the molecule is CC(C)CC(O)Cc1ccc(C(C)(C)C)cc1. The standard InChI is InChI=1S/C16H26O/c1-12(2)10-15(17)11-13-6-8-14(9-7-13)16(3,4)5/h6-9,12,15,17H,10-11H2,1-5H3. The first kappa shape index (κ1) is 14.2. The second kappa shape index (κ2) is 5.68. The number of benzene rings is 1. The van der Waals surface area contributed by atoms with Crippen LogP contribution in [0.3, 0.4) is 0 Å². The predicted molar refractivity (Wildman–Crippen MR) is 74.3 cm³/mol. The Bertz CT molecular complexity index is 330. The van der Waals surface area contributed by atoms with Crippen LogP contribution in [0, 0.1) is 5.92 Å². The summed E-state index contributed by atoms with van der Waals surface area (Å²) in [6.07, 6.45) is 1.43. The molecule has 1 rings (SSSR count). The van der Waals surface area contributed by atoms with Crippen LogP contribution in [-0.4, -0.2) is 11.2 Å². The van der Waals surface area contributed by atoms with E-state index in [0.29, 0.717) is 5.92 Å². The molecule has 1 heteroatoms. The molecule has 0 amide bonds. The highest BCUT2D eigenvalue weighted by atomic mass is 16.3. The molecule has 17 heavy (non-hydrogen) atoms. The zero-order valence-corrected chi connectivity index (χ0v) is 11.8. The van der Waals surface area contributed by atoms with Crippen molar-refractivity contribution in [3.8, 4) is 0 Å². The summed E-state index contributed by atoms with van der Waals surface area (Å²) in [5.74, 6) is 0.554. The number of hydrogen-bond acceptors (Lipinski definition) is 1. The molecular formula is C16H26O. The third kappa shape index (κ3) is 4.91. The lowest BCUT2D eigenvalue weighted by Gasteiger charge is -2.19. The van der Waals surface area contributed by atoms with Gasteiger partial charge in [-0.3, -0.25) is 0 Å². The molecule has 1 N–H and O–H groups in total. The molecule has 0 aliphatic rings.